The predicted octanol–water partition coefficient (Wildman–Crippen LogP) is 0.667. The average molecular weight is 376 g/mol. The zero-order valence-corrected chi connectivity index (χ0v) is 15.5. The Morgan fingerprint density at radius 3 is 2.56 bits per heavy atom. The summed E-state index contributed by atoms with van der Waals surface area (Å²) in [5.41, 5.74) is 6.67. The quantitative estimate of drug-likeness (QED) is 0.538. The predicted molar refractivity (Wildman–Crippen MR) is 99.0 cm³/mol. The summed E-state index contributed by atoms with van der Waals surface area (Å²) in [6.45, 7) is 4.74. The molecule has 0 aromatic heterocycles. The molecule has 1 heterocycles. The molecule has 0 saturated carbocycles. The fourth-order valence-electron chi connectivity index (χ4n) is 3.10. The van der Waals surface area contributed by atoms with Crippen molar-refractivity contribution in [3.63, 3.8) is 0 Å². The molecule has 2 atom stereocenters. The number of carbonyl (C=O) groups excluding carboxylic acids is 3. The van der Waals surface area contributed by atoms with Crippen LogP contribution in [0.5, 0.6) is 0 Å². The molecule has 1 aliphatic heterocycles. The number of nitrogens with one attached hydrogen (secondary N) is 2. The first-order valence-corrected chi connectivity index (χ1v) is 8.62. The zero-order valence-electron chi connectivity index (χ0n) is 15.5. The molecule has 0 fully saturated rings. The van der Waals surface area contributed by atoms with Crippen LogP contribution in [0, 0.1) is 5.92 Å². The number of fused-ring (bicyclic) bond motifs is 1. The van der Waals surface area contributed by atoms with Gasteiger partial charge in [-0.2, -0.15) is 0 Å². The molecule has 27 heavy (non-hydrogen) atoms. The summed E-state index contributed by atoms with van der Waals surface area (Å²) in [6, 6.07) is 3.12. The smallest absolute Gasteiger partial charge is 0.305 e. The van der Waals surface area contributed by atoms with E-state index in [4.69, 9.17) is 10.8 Å². The van der Waals surface area contributed by atoms with E-state index in [-0.39, 0.29) is 24.4 Å². The normalized spacial score (nSPS) is 17.8. The van der Waals surface area contributed by atoms with Crippen LogP contribution in [0.4, 0.5) is 11.4 Å². The second kappa shape index (κ2) is 8.07. The monoisotopic (exact) mass is 376 g/mol. The van der Waals surface area contributed by atoms with Crippen molar-refractivity contribution >= 4 is 35.1 Å². The maximum absolute atomic E-state index is 13.1. The lowest BCUT2D eigenvalue weighted by Gasteiger charge is -2.31. The van der Waals surface area contributed by atoms with Gasteiger partial charge in [0.1, 0.15) is 12.6 Å². The molecule has 0 saturated heterocycles. The molecular formula is C18H24N4O5. The highest BCUT2D eigenvalue weighted by molar-refractivity contribution is 6.11. The van der Waals surface area contributed by atoms with E-state index in [9.17, 15) is 19.2 Å². The SMILES string of the molecule is CC(CC(=O)O)NC(=O)CN1C(=O)c2cc(N)ccc2NC(=O)C1C(C)C. The number of nitrogen functional groups attached to an aromatic ring is 1. The second-order valence-electron chi connectivity index (χ2n) is 6.98. The Bertz CT molecular complexity index is 777. The third-order valence-corrected chi connectivity index (χ3v) is 4.23. The Kier molecular flexibility index (Phi) is 6.04. The molecule has 1 aromatic rings. The number of amides is 3. The van der Waals surface area contributed by atoms with E-state index in [2.05, 4.69) is 10.6 Å². The average Bonchev–Trinajstić information content (AvgIpc) is 2.62. The maximum Gasteiger partial charge on any atom is 0.305 e. The Morgan fingerprint density at radius 1 is 1.30 bits per heavy atom. The highest BCUT2D eigenvalue weighted by Crippen LogP contribution is 2.27. The van der Waals surface area contributed by atoms with Gasteiger partial charge >= 0.3 is 5.97 Å². The van der Waals surface area contributed by atoms with Gasteiger partial charge in [0.15, 0.2) is 0 Å². The fourth-order valence-corrected chi connectivity index (χ4v) is 3.10. The molecule has 0 radical (unpaired) electrons. The first-order chi connectivity index (χ1) is 12.6. The van der Waals surface area contributed by atoms with Gasteiger partial charge in [0, 0.05) is 11.7 Å². The number of aliphatic carboxylic acids is 1. The molecule has 146 valence electrons. The van der Waals surface area contributed by atoms with Crippen LogP contribution in [0.25, 0.3) is 0 Å². The van der Waals surface area contributed by atoms with Crippen molar-refractivity contribution in [2.75, 3.05) is 17.6 Å². The van der Waals surface area contributed by atoms with Gasteiger partial charge < -0.3 is 26.4 Å². The fraction of sp³-hybridized carbons (Fsp3) is 0.444. The number of carboxylic acids is 1. The number of anilines is 2. The van der Waals surface area contributed by atoms with Crippen molar-refractivity contribution in [3.05, 3.63) is 23.8 Å². The van der Waals surface area contributed by atoms with Crippen molar-refractivity contribution in [2.45, 2.75) is 39.3 Å². The van der Waals surface area contributed by atoms with Crippen LogP contribution >= 0.6 is 0 Å². The summed E-state index contributed by atoms with van der Waals surface area (Å²) >= 11 is 0. The minimum absolute atomic E-state index is 0.206. The molecule has 1 aliphatic rings. The van der Waals surface area contributed by atoms with Crippen molar-refractivity contribution in [1.82, 2.24) is 10.2 Å². The molecule has 0 aliphatic carbocycles. The van der Waals surface area contributed by atoms with Crippen molar-refractivity contribution < 1.29 is 24.3 Å². The molecule has 3 amide bonds. The van der Waals surface area contributed by atoms with E-state index in [1.54, 1.807) is 32.9 Å². The Hall–Kier alpha value is -3.10. The molecule has 2 rings (SSSR count). The summed E-state index contributed by atoms with van der Waals surface area (Å²) in [5, 5.41) is 14.1. The molecule has 1 aromatic carbocycles. The minimum atomic E-state index is -1.04. The third-order valence-electron chi connectivity index (χ3n) is 4.23. The van der Waals surface area contributed by atoms with Gasteiger partial charge in [0.25, 0.3) is 5.91 Å². The van der Waals surface area contributed by atoms with Crippen LogP contribution in [0.15, 0.2) is 18.2 Å². The van der Waals surface area contributed by atoms with Crippen molar-refractivity contribution in [1.29, 1.82) is 0 Å². The van der Waals surface area contributed by atoms with E-state index in [1.807, 2.05) is 0 Å². The molecule has 0 spiro atoms. The van der Waals surface area contributed by atoms with Crippen molar-refractivity contribution in [3.8, 4) is 0 Å². The van der Waals surface area contributed by atoms with Gasteiger partial charge in [-0.1, -0.05) is 13.8 Å². The highest BCUT2D eigenvalue weighted by atomic mass is 16.4. The summed E-state index contributed by atoms with van der Waals surface area (Å²) in [6.07, 6.45) is -0.243. The summed E-state index contributed by atoms with van der Waals surface area (Å²) < 4.78 is 0. The van der Waals surface area contributed by atoms with Crippen LogP contribution < -0.4 is 16.4 Å². The molecule has 0 bridgehead atoms. The van der Waals surface area contributed by atoms with Crippen LogP contribution in [0.3, 0.4) is 0 Å². The largest absolute Gasteiger partial charge is 0.481 e. The van der Waals surface area contributed by atoms with E-state index >= 15 is 0 Å². The summed E-state index contributed by atoms with van der Waals surface area (Å²) in [7, 11) is 0. The first-order valence-electron chi connectivity index (χ1n) is 8.62. The molecule has 2 unspecified atom stereocenters. The third kappa shape index (κ3) is 4.75. The summed E-state index contributed by atoms with van der Waals surface area (Å²) in [5.74, 6) is -2.71. The number of hydrogen-bond acceptors (Lipinski definition) is 5. The molecule has 9 heteroatoms. The van der Waals surface area contributed by atoms with E-state index in [0.29, 0.717) is 11.4 Å². The van der Waals surface area contributed by atoms with Gasteiger partial charge in [-0.05, 0) is 31.0 Å². The van der Waals surface area contributed by atoms with Gasteiger partial charge in [-0.15, -0.1) is 0 Å². The number of nitrogens with two attached hydrogens (primary N) is 1. The summed E-state index contributed by atoms with van der Waals surface area (Å²) in [4.78, 5) is 50.0. The Balaban J connectivity index is 2.31. The lowest BCUT2D eigenvalue weighted by Crippen LogP contribution is -2.52. The molecule has 9 nitrogen and oxygen atoms in total. The number of rotatable bonds is 6. The minimum Gasteiger partial charge on any atom is -0.481 e. The van der Waals surface area contributed by atoms with Crippen LogP contribution in [0.1, 0.15) is 37.6 Å². The first kappa shape index (κ1) is 20.2. The van der Waals surface area contributed by atoms with Crippen LogP contribution in [-0.4, -0.2) is 52.3 Å². The van der Waals surface area contributed by atoms with Crippen LogP contribution in [-0.2, 0) is 14.4 Å². The van der Waals surface area contributed by atoms with Gasteiger partial charge in [-0.3, -0.25) is 19.2 Å². The molecular weight excluding hydrogens is 352 g/mol. The van der Waals surface area contributed by atoms with Gasteiger partial charge in [-0.25, -0.2) is 0 Å². The number of nitrogens with zero attached hydrogens (tertiary/aromatic N) is 1. The maximum atomic E-state index is 13.1. The van der Waals surface area contributed by atoms with Crippen molar-refractivity contribution in [2.24, 2.45) is 5.92 Å². The standard InChI is InChI=1S/C18H24N4O5/c1-9(2)16-17(26)21-13-5-4-11(19)7-12(13)18(27)22(16)8-14(23)20-10(3)6-15(24)25/h4-5,7,9-10,16H,6,8,19H2,1-3H3,(H,20,23)(H,21,26)(H,24,25). The van der Waals surface area contributed by atoms with Gasteiger partial charge in [0.05, 0.1) is 17.7 Å². The number of benzene rings is 1. The van der Waals surface area contributed by atoms with Gasteiger partial charge in [0.2, 0.25) is 11.8 Å². The van der Waals surface area contributed by atoms with E-state index in [1.165, 1.54) is 11.0 Å². The molecule has 5 N–H and O–H groups in total. The lowest BCUT2D eigenvalue weighted by molar-refractivity contribution is -0.137. The topological polar surface area (TPSA) is 142 Å². The number of carboxylic acid groups (broad SMARTS) is 1. The zero-order chi connectivity index (χ0) is 20.3. The number of carbonyl (C=O) groups is 4. The number of hydrogen-bond donors (Lipinski definition) is 4. The lowest BCUT2D eigenvalue weighted by atomic mass is 10.0. The second-order valence-corrected chi connectivity index (χ2v) is 6.98. The van der Waals surface area contributed by atoms with E-state index in [0.717, 1.165) is 0 Å². The van der Waals surface area contributed by atoms with Crippen LogP contribution in [0.2, 0.25) is 0 Å². The Labute approximate surface area is 156 Å². The Morgan fingerprint density at radius 2 is 1.96 bits per heavy atom. The van der Waals surface area contributed by atoms with E-state index < -0.39 is 35.8 Å². The highest BCUT2D eigenvalue weighted by Gasteiger charge is 2.38.